The van der Waals surface area contributed by atoms with Crippen LogP contribution in [0.5, 0.6) is 0 Å². The van der Waals surface area contributed by atoms with Gasteiger partial charge in [-0.05, 0) is 35.4 Å². The molecule has 0 saturated heterocycles. The molecule has 130 valence electrons. The first-order chi connectivity index (χ1) is 12.2. The van der Waals surface area contributed by atoms with E-state index in [1.165, 1.54) is 41.5 Å². The van der Waals surface area contributed by atoms with Crippen LogP contribution in [0.2, 0.25) is 5.02 Å². The van der Waals surface area contributed by atoms with E-state index in [2.05, 4.69) is 20.5 Å². The SMILES string of the molecule is O=c1cc(CSc2nnnn2C2CCCCC2)nc2ccc(Cl)cn12. The molecule has 0 amide bonds. The Hall–Kier alpha value is -1.93. The van der Waals surface area contributed by atoms with Crippen molar-refractivity contribution in [1.29, 1.82) is 0 Å². The highest BCUT2D eigenvalue weighted by Gasteiger charge is 2.20. The molecule has 0 spiro atoms. The van der Waals surface area contributed by atoms with Crippen molar-refractivity contribution in [3.63, 3.8) is 0 Å². The second kappa shape index (κ2) is 7.13. The summed E-state index contributed by atoms with van der Waals surface area (Å²) in [5.41, 5.74) is 1.14. The molecule has 1 aliphatic carbocycles. The van der Waals surface area contributed by atoms with Crippen LogP contribution in [-0.4, -0.2) is 29.6 Å². The monoisotopic (exact) mass is 376 g/mol. The molecule has 9 heteroatoms. The van der Waals surface area contributed by atoms with Crippen LogP contribution in [0.25, 0.3) is 5.65 Å². The van der Waals surface area contributed by atoms with Gasteiger partial charge in [0, 0.05) is 18.0 Å². The molecule has 7 nitrogen and oxygen atoms in total. The van der Waals surface area contributed by atoms with Crippen LogP contribution >= 0.6 is 23.4 Å². The van der Waals surface area contributed by atoms with E-state index in [1.807, 2.05) is 4.68 Å². The van der Waals surface area contributed by atoms with Gasteiger partial charge in [0.1, 0.15) is 5.65 Å². The molecule has 0 radical (unpaired) electrons. The molecule has 1 fully saturated rings. The maximum Gasteiger partial charge on any atom is 0.258 e. The number of hydrogen-bond acceptors (Lipinski definition) is 6. The van der Waals surface area contributed by atoms with Gasteiger partial charge < -0.3 is 0 Å². The van der Waals surface area contributed by atoms with Crippen LogP contribution in [0.15, 0.2) is 34.3 Å². The van der Waals surface area contributed by atoms with Crippen molar-refractivity contribution < 1.29 is 0 Å². The zero-order chi connectivity index (χ0) is 17.2. The molecule has 0 atom stereocenters. The van der Waals surface area contributed by atoms with Gasteiger partial charge in [-0.25, -0.2) is 9.67 Å². The predicted octanol–water partition coefficient (Wildman–Crippen LogP) is 3.13. The van der Waals surface area contributed by atoms with Crippen molar-refractivity contribution in [1.82, 2.24) is 29.6 Å². The summed E-state index contributed by atoms with van der Waals surface area (Å²) in [6.07, 6.45) is 7.55. The fourth-order valence-electron chi connectivity index (χ4n) is 3.17. The molecule has 1 saturated carbocycles. The lowest BCUT2D eigenvalue weighted by Crippen LogP contribution is -2.16. The molecule has 4 rings (SSSR count). The number of pyridine rings is 1. The van der Waals surface area contributed by atoms with Crippen LogP contribution in [0, 0.1) is 0 Å². The highest BCUT2D eigenvalue weighted by molar-refractivity contribution is 7.98. The van der Waals surface area contributed by atoms with Gasteiger partial charge in [-0.2, -0.15) is 0 Å². The number of tetrazole rings is 1. The Kier molecular flexibility index (Phi) is 4.72. The molecule has 3 heterocycles. The van der Waals surface area contributed by atoms with Crippen molar-refractivity contribution in [3.05, 3.63) is 45.5 Å². The lowest BCUT2D eigenvalue weighted by atomic mass is 9.96. The number of hydrogen-bond donors (Lipinski definition) is 0. The van der Waals surface area contributed by atoms with Crippen LogP contribution in [0.3, 0.4) is 0 Å². The number of nitrogens with zero attached hydrogens (tertiary/aromatic N) is 6. The number of aromatic nitrogens is 6. The van der Waals surface area contributed by atoms with E-state index in [9.17, 15) is 4.79 Å². The number of thioether (sulfide) groups is 1. The van der Waals surface area contributed by atoms with E-state index >= 15 is 0 Å². The first-order valence-corrected chi connectivity index (χ1v) is 9.65. The molecule has 25 heavy (non-hydrogen) atoms. The van der Waals surface area contributed by atoms with Gasteiger partial charge in [-0.3, -0.25) is 9.20 Å². The average molecular weight is 377 g/mol. The van der Waals surface area contributed by atoms with Crippen molar-refractivity contribution in [2.75, 3.05) is 0 Å². The van der Waals surface area contributed by atoms with E-state index in [4.69, 9.17) is 11.6 Å². The molecule has 1 aliphatic rings. The van der Waals surface area contributed by atoms with E-state index in [1.54, 1.807) is 18.3 Å². The third-order valence-electron chi connectivity index (χ3n) is 4.41. The van der Waals surface area contributed by atoms with Gasteiger partial charge in [0.2, 0.25) is 5.16 Å². The third-order valence-corrected chi connectivity index (χ3v) is 5.60. The summed E-state index contributed by atoms with van der Waals surface area (Å²) < 4.78 is 3.38. The molecular weight excluding hydrogens is 360 g/mol. The highest BCUT2D eigenvalue weighted by Crippen LogP contribution is 2.30. The number of rotatable bonds is 4. The van der Waals surface area contributed by atoms with Gasteiger partial charge in [-0.15, -0.1) is 5.10 Å². The lowest BCUT2D eigenvalue weighted by molar-refractivity contribution is 0.307. The van der Waals surface area contributed by atoms with Crippen molar-refractivity contribution in [2.45, 2.75) is 49.1 Å². The van der Waals surface area contributed by atoms with E-state index in [0.717, 1.165) is 18.0 Å². The Labute approximate surface area is 153 Å². The lowest BCUT2D eigenvalue weighted by Gasteiger charge is -2.21. The molecule has 0 aliphatic heterocycles. The van der Waals surface area contributed by atoms with Crippen LogP contribution < -0.4 is 5.56 Å². The summed E-state index contributed by atoms with van der Waals surface area (Å²) in [6, 6.07) is 5.38. The molecule has 3 aromatic heterocycles. The molecular formula is C16H17ClN6OS. The minimum atomic E-state index is -0.144. The summed E-state index contributed by atoms with van der Waals surface area (Å²) in [7, 11) is 0. The number of halogens is 1. The van der Waals surface area contributed by atoms with Crippen molar-refractivity contribution >= 4 is 29.0 Å². The maximum absolute atomic E-state index is 12.2. The smallest absolute Gasteiger partial charge is 0.258 e. The Morgan fingerprint density at radius 1 is 1.24 bits per heavy atom. The van der Waals surface area contributed by atoms with Gasteiger partial charge >= 0.3 is 0 Å². The quantitative estimate of drug-likeness (QED) is 0.651. The summed E-state index contributed by atoms with van der Waals surface area (Å²) in [4.78, 5) is 16.8. The van der Waals surface area contributed by atoms with E-state index in [0.29, 0.717) is 28.2 Å². The van der Waals surface area contributed by atoms with Gasteiger partial charge in [0.05, 0.1) is 16.8 Å². The Bertz CT molecular complexity index is 949. The molecule has 0 bridgehead atoms. The van der Waals surface area contributed by atoms with Crippen LogP contribution in [-0.2, 0) is 5.75 Å². The fourth-order valence-corrected chi connectivity index (χ4v) is 4.17. The Morgan fingerprint density at radius 3 is 2.92 bits per heavy atom. The van der Waals surface area contributed by atoms with Gasteiger partial charge in [-0.1, -0.05) is 42.6 Å². The summed E-state index contributed by atoms with van der Waals surface area (Å²) in [5.74, 6) is 0.543. The summed E-state index contributed by atoms with van der Waals surface area (Å²) >= 11 is 7.44. The van der Waals surface area contributed by atoms with Crippen LogP contribution in [0.1, 0.15) is 43.8 Å². The molecule has 3 aromatic rings. The second-order valence-electron chi connectivity index (χ2n) is 6.15. The zero-order valence-electron chi connectivity index (χ0n) is 13.5. The molecule has 0 unspecified atom stereocenters. The van der Waals surface area contributed by atoms with Crippen molar-refractivity contribution in [2.24, 2.45) is 0 Å². The largest absolute Gasteiger partial charge is 0.269 e. The minimum Gasteiger partial charge on any atom is -0.269 e. The molecule has 0 aromatic carbocycles. The van der Waals surface area contributed by atoms with Crippen molar-refractivity contribution in [3.8, 4) is 0 Å². The Morgan fingerprint density at radius 2 is 2.08 bits per heavy atom. The topological polar surface area (TPSA) is 78.0 Å². The fraction of sp³-hybridized carbons (Fsp3) is 0.438. The zero-order valence-corrected chi connectivity index (χ0v) is 15.1. The van der Waals surface area contributed by atoms with Crippen LogP contribution in [0.4, 0.5) is 0 Å². The minimum absolute atomic E-state index is 0.144. The summed E-state index contributed by atoms with van der Waals surface area (Å²) in [6.45, 7) is 0. The Balaban J connectivity index is 1.54. The first-order valence-electron chi connectivity index (χ1n) is 8.29. The number of fused-ring (bicyclic) bond motifs is 1. The maximum atomic E-state index is 12.2. The molecule has 0 N–H and O–H groups in total. The predicted molar refractivity (Wildman–Crippen MR) is 96.0 cm³/mol. The highest BCUT2D eigenvalue weighted by atomic mass is 35.5. The van der Waals surface area contributed by atoms with Gasteiger partial charge in [0.15, 0.2) is 0 Å². The first kappa shape index (κ1) is 16.5. The average Bonchev–Trinajstić information content (AvgIpc) is 3.10. The normalized spacial score (nSPS) is 15.7. The van der Waals surface area contributed by atoms with E-state index < -0.39 is 0 Å². The summed E-state index contributed by atoms with van der Waals surface area (Å²) in [5, 5.41) is 13.4. The van der Waals surface area contributed by atoms with E-state index in [-0.39, 0.29) is 5.56 Å². The second-order valence-corrected chi connectivity index (χ2v) is 7.53. The standard InChI is InChI=1S/C16H17ClN6OS/c17-11-6-7-14-18-12(8-15(24)22(14)9-11)10-25-16-19-20-21-23(16)13-4-2-1-3-5-13/h6-9,13H,1-5,10H2. The third kappa shape index (κ3) is 3.55. The van der Waals surface area contributed by atoms with Gasteiger partial charge in [0.25, 0.3) is 5.56 Å².